The Hall–Kier alpha value is -2.22. The molecule has 2 aromatic heterocycles. The van der Waals surface area contributed by atoms with E-state index < -0.39 is 0 Å². The number of nitrogens with zero attached hydrogens (tertiary/aromatic N) is 3. The SMILES string of the molecule is CC(C)n1cnnc1CCNC(=O)c1cc2c(F)cc(Br)cc2[nH]1. The van der Waals surface area contributed by atoms with Gasteiger partial charge in [-0.2, -0.15) is 0 Å². The van der Waals surface area contributed by atoms with Gasteiger partial charge in [0.05, 0.1) is 5.52 Å². The lowest BCUT2D eigenvalue weighted by Gasteiger charge is -2.10. The smallest absolute Gasteiger partial charge is 0.267 e. The summed E-state index contributed by atoms with van der Waals surface area (Å²) in [5.41, 5.74) is 0.902. The number of fused-ring (bicyclic) bond motifs is 1. The van der Waals surface area contributed by atoms with Crippen LogP contribution in [0.2, 0.25) is 0 Å². The maximum Gasteiger partial charge on any atom is 0.267 e. The number of carbonyl (C=O) groups excluding carboxylic acids is 1. The monoisotopic (exact) mass is 393 g/mol. The van der Waals surface area contributed by atoms with Crippen LogP contribution in [0.1, 0.15) is 36.2 Å². The average Bonchev–Trinajstić information content (AvgIpc) is 3.13. The quantitative estimate of drug-likeness (QED) is 0.698. The number of hydrogen-bond donors (Lipinski definition) is 2. The number of hydrogen-bond acceptors (Lipinski definition) is 3. The lowest BCUT2D eigenvalue weighted by molar-refractivity contribution is 0.0949. The van der Waals surface area contributed by atoms with E-state index in [4.69, 9.17) is 0 Å². The molecule has 0 atom stereocenters. The summed E-state index contributed by atoms with van der Waals surface area (Å²) in [5, 5.41) is 11.2. The number of carbonyl (C=O) groups is 1. The molecule has 1 amide bonds. The van der Waals surface area contributed by atoms with Crippen molar-refractivity contribution >= 4 is 32.7 Å². The molecule has 0 radical (unpaired) electrons. The van der Waals surface area contributed by atoms with Crippen molar-refractivity contribution in [1.29, 1.82) is 0 Å². The molecule has 0 saturated heterocycles. The third-order valence-electron chi connectivity index (χ3n) is 3.73. The number of benzene rings is 1. The molecule has 2 heterocycles. The van der Waals surface area contributed by atoms with Crippen LogP contribution < -0.4 is 5.32 Å². The number of rotatable bonds is 5. The molecule has 0 saturated carbocycles. The summed E-state index contributed by atoms with van der Waals surface area (Å²) in [4.78, 5) is 15.2. The Morgan fingerprint density at radius 1 is 1.42 bits per heavy atom. The van der Waals surface area contributed by atoms with E-state index in [-0.39, 0.29) is 17.8 Å². The van der Waals surface area contributed by atoms with Crippen LogP contribution in [0.3, 0.4) is 0 Å². The number of halogens is 2. The number of nitrogens with one attached hydrogen (secondary N) is 2. The summed E-state index contributed by atoms with van der Waals surface area (Å²) in [6.45, 7) is 4.51. The molecule has 3 aromatic rings. The van der Waals surface area contributed by atoms with Gasteiger partial charge in [-0.1, -0.05) is 15.9 Å². The number of aromatic amines is 1. The Morgan fingerprint density at radius 3 is 2.96 bits per heavy atom. The molecule has 0 unspecified atom stereocenters. The van der Waals surface area contributed by atoms with Gasteiger partial charge in [-0.15, -0.1) is 10.2 Å². The third kappa shape index (κ3) is 3.33. The molecule has 3 rings (SSSR count). The molecular formula is C16H17BrFN5O. The van der Waals surface area contributed by atoms with Crippen LogP contribution in [0, 0.1) is 5.82 Å². The van der Waals surface area contributed by atoms with Crippen molar-refractivity contribution in [1.82, 2.24) is 25.1 Å². The molecular weight excluding hydrogens is 377 g/mol. The summed E-state index contributed by atoms with van der Waals surface area (Å²) in [6.07, 6.45) is 2.25. The maximum absolute atomic E-state index is 13.9. The van der Waals surface area contributed by atoms with Gasteiger partial charge in [0, 0.05) is 28.9 Å². The Kier molecular flexibility index (Phi) is 4.66. The van der Waals surface area contributed by atoms with Gasteiger partial charge in [-0.3, -0.25) is 4.79 Å². The molecule has 0 aliphatic rings. The molecule has 0 spiro atoms. The van der Waals surface area contributed by atoms with Gasteiger partial charge in [0.15, 0.2) is 0 Å². The predicted molar refractivity (Wildman–Crippen MR) is 92.4 cm³/mol. The van der Waals surface area contributed by atoms with Gasteiger partial charge in [-0.05, 0) is 32.0 Å². The summed E-state index contributed by atoms with van der Waals surface area (Å²) < 4.78 is 16.5. The van der Waals surface area contributed by atoms with E-state index in [1.807, 2.05) is 18.4 Å². The second kappa shape index (κ2) is 6.72. The zero-order chi connectivity index (χ0) is 17.3. The molecule has 0 aliphatic carbocycles. The van der Waals surface area contributed by atoms with Crippen molar-refractivity contribution in [2.45, 2.75) is 26.3 Å². The molecule has 0 fully saturated rings. The van der Waals surface area contributed by atoms with Gasteiger partial charge in [0.25, 0.3) is 5.91 Å². The number of amides is 1. The van der Waals surface area contributed by atoms with E-state index >= 15 is 0 Å². The Labute approximate surface area is 146 Å². The van der Waals surface area contributed by atoms with Crippen LogP contribution in [-0.4, -0.2) is 32.2 Å². The number of H-pyrrole nitrogens is 1. The van der Waals surface area contributed by atoms with Gasteiger partial charge in [0.2, 0.25) is 0 Å². The third-order valence-corrected chi connectivity index (χ3v) is 4.19. The van der Waals surface area contributed by atoms with Crippen molar-refractivity contribution < 1.29 is 9.18 Å². The van der Waals surface area contributed by atoms with E-state index in [0.29, 0.717) is 34.0 Å². The molecule has 6 nitrogen and oxygen atoms in total. The highest BCUT2D eigenvalue weighted by atomic mass is 79.9. The largest absolute Gasteiger partial charge is 0.350 e. The standard InChI is InChI=1S/C16H17BrFN5O/c1-9(2)23-8-20-22-15(23)3-4-19-16(24)14-7-11-12(18)5-10(17)6-13(11)21-14/h5-9,21H,3-4H2,1-2H3,(H,19,24). The van der Waals surface area contributed by atoms with E-state index in [1.54, 1.807) is 12.4 Å². The maximum atomic E-state index is 13.9. The molecule has 126 valence electrons. The predicted octanol–water partition coefficient (Wildman–Crippen LogP) is 3.21. The van der Waals surface area contributed by atoms with Crippen LogP contribution in [0.5, 0.6) is 0 Å². The van der Waals surface area contributed by atoms with Crippen LogP contribution in [0.25, 0.3) is 10.9 Å². The minimum Gasteiger partial charge on any atom is -0.350 e. The van der Waals surface area contributed by atoms with Crippen LogP contribution in [-0.2, 0) is 6.42 Å². The second-order valence-electron chi connectivity index (χ2n) is 5.79. The molecule has 0 bridgehead atoms. The molecule has 1 aromatic carbocycles. The number of aromatic nitrogens is 4. The highest BCUT2D eigenvalue weighted by Gasteiger charge is 2.13. The van der Waals surface area contributed by atoms with Crippen molar-refractivity contribution in [3.63, 3.8) is 0 Å². The molecule has 24 heavy (non-hydrogen) atoms. The van der Waals surface area contributed by atoms with Gasteiger partial charge in [-0.25, -0.2) is 4.39 Å². The van der Waals surface area contributed by atoms with Crippen LogP contribution >= 0.6 is 15.9 Å². The van der Waals surface area contributed by atoms with Gasteiger partial charge < -0.3 is 14.9 Å². The summed E-state index contributed by atoms with van der Waals surface area (Å²) in [5.74, 6) is 0.161. The van der Waals surface area contributed by atoms with Gasteiger partial charge in [0.1, 0.15) is 23.7 Å². The van der Waals surface area contributed by atoms with Crippen molar-refractivity contribution in [2.24, 2.45) is 0 Å². The Balaban J connectivity index is 1.67. The first-order chi connectivity index (χ1) is 11.5. The average molecular weight is 394 g/mol. The van der Waals surface area contributed by atoms with Crippen molar-refractivity contribution in [3.8, 4) is 0 Å². The Morgan fingerprint density at radius 2 is 2.21 bits per heavy atom. The highest BCUT2D eigenvalue weighted by molar-refractivity contribution is 9.10. The van der Waals surface area contributed by atoms with Crippen molar-refractivity contribution in [2.75, 3.05) is 6.54 Å². The lowest BCUT2D eigenvalue weighted by Crippen LogP contribution is -2.26. The van der Waals surface area contributed by atoms with E-state index in [1.165, 1.54) is 12.1 Å². The highest BCUT2D eigenvalue weighted by Crippen LogP contribution is 2.23. The second-order valence-corrected chi connectivity index (χ2v) is 6.70. The zero-order valence-corrected chi connectivity index (χ0v) is 14.9. The van der Waals surface area contributed by atoms with Crippen LogP contribution in [0.4, 0.5) is 4.39 Å². The van der Waals surface area contributed by atoms with E-state index in [2.05, 4.69) is 36.4 Å². The summed E-state index contributed by atoms with van der Waals surface area (Å²) in [6, 6.07) is 4.89. The molecule has 0 aliphatic heterocycles. The van der Waals surface area contributed by atoms with Crippen molar-refractivity contribution in [3.05, 3.63) is 46.3 Å². The lowest BCUT2D eigenvalue weighted by atomic mass is 10.2. The van der Waals surface area contributed by atoms with E-state index in [0.717, 1.165) is 5.82 Å². The summed E-state index contributed by atoms with van der Waals surface area (Å²) >= 11 is 3.24. The summed E-state index contributed by atoms with van der Waals surface area (Å²) in [7, 11) is 0. The minimum absolute atomic E-state index is 0.265. The fraction of sp³-hybridized carbons (Fsp3) is 0.312. The molecule has 2 N–H and O–H groups in total. The Bertz CT molecular complexity index is 886. The van der Waals surface area contributed by atoms with Gasteiger partial charge >= 0.3 is 0 Å². The van der Waals surface area contributed by atoms with E-state index in [9.17, 15) is 9.18 Å². The zero-order valence-electron chi connectivity index (χ0n) is 13.3. The first-order valence-corrected chi connectivity index (χ1v) is 8.39. The molecule has 8 heteroatoms. The minimum atomic E-state index is -0.375. The van der Waals surface area contributed by atoms with Crippen LogP contribution in [0.15, 0.2) is 29.0 Å². The fourth-order valence-corrected chi connectivity index (χ4v) is 2.97. The normalized spacial score (nSPS) is 11.4. The first-order valence-electron chi connectivity index (χ1n) is 7.60. The topological polar surface area (TPSA) is 75.6 Å². The fourth-order valence-electron chi connectivity index (χ4n) is 2.54. The first kappa shape index (κ1) is 16.6.